The molecule has 5 nitrogen and oxygen atoms in total. The third kappa shape index (κ3) is 4.16. The maximum atomic E-state index is 12.0. The number of nitrogens with zero attached hydrogens (tertiary/aromatic N) is 1. The van der Waals surface area contributed by atoms with Gasteiger partial charge in [-0.3, -0.25) is 4.79 Å². The van der Waals surface area contributed by atoms with Crippen LogP contribution in [0.2, 0.25) is 5.02 Å². The van der Waals surface area contributed by atoms with E-state index in [9.17, 15) is 4.79 Å². The summed E-state index contributed by atoms with van der Waals surface area (Å²) in [6, 6.07) is 3.06. The van der Waals surface area contributed by atoms with Crippen LogP contribution in [0.5, 0.6) is 0 Å². The number of rotatable bonds is 6. The fraction of sp³-hybridized carbons (Fsp3) is 0.500. The first kappa shape index (κ1) is 14.7. The molecule has 100 valence electrons. The highest BCUT2D eigenvalue weighted by atomic mass is 35.5. The molecule has 0 saturated heterocycles. The van der Waals surface area contributed by atoms with E-state index >= 15 is 0 Å². The maximum absolute atomic E-state index is 12.0. The number of aromatic nitrogens is 1. The molecule has 18 heavy (non-hydrogen) atoms. The van der Waals surface area contributed by atoms with Gasteiger partial charge in [0.15, 0.2) is 0 Å². The van der Waals surface area contributed by atoms with Crippen molar-refractivity contribution in [2.75, 3.05) is 19.5 Å². The van der Waals surface area contributed by atoms with Crippen molar-refractivity contribution in [1.29, 1.82) is 0 Å². The minimum absolute atomic E-state index is 0.0493. The number of methoxy groups -OCH3 is 1. The molecule has 1 rings (SSSR count). The molecule has 1 atom stereocenters. The number of carbonyl (C=O) groups excluding carboxylic acids is 1. The van der Waals surface area contributed by atoms with Crippen LogP contribution in [0, 0.1) is 0 Å². The predicted molar refractivity (Wildman–Crippen MR) is 71.7 cm³/mol. The Morgan fingerprint density at radius 3 is 2.94 bits per heavy atom. The van der Waals surface area contributed by atoms with E-state index in [1.807, 2.05) is 6.92 Å². The van der Waals surface area contributed by atoms with E-state index < -0.39 is 0 Å². The van der Waals surface area contributed by atoms with E-state index in [0.717, 1.165) is 12.8 Å². The minimum Gasteiger partial charge on any atom is -0.384 e. The fourth-order valence-electron chi connectivity index (χ4n) is 1.62. The predicted octanol–water partition coefficient (Wildman–Crippen LogP) is 1.86. The Balaban J connectivity index is 2.76. The van der Waals surface area contributed by atoms with Crippen molar-refractivity contribution in [1.82, 2.24) is 10.3 Å². The lowest BCUT2D eigenvalue weighted by atomic mass is 10.1. The Kier molecular flexibility index (Phi) is 5.88. The molecule has 0 aliphatic carbocycles. The van der Waals surface area contributed by atoms with Crippen LogP contribution in [-0.4, -0.2) is 30.6 Å². The quantitative estimate of drug-likeness (QED) is 0.828. The Morgan fingerprint density at radius 1 is 1.61 bits per heavy atom. The molecule has 0 bridgehead atoms. The van der Waals surface area contributed by atoms with E-state index in [1.54, 1.807) is 19.2 Å². The lowest BCUT2D eigenvalue weighted by Gasteiger charge is -2.17. The van der Waals surface area contributed by atoms with Crippen molar-refractivity contribution in [3.63, 3.8) is 0 Å². The number of amides is 1. The van der Waals surface area contributed by atoms with Gasteiger partial charge in [-0.2, -0.15) is 0 Å². The normalized spacial score (nSPS) is 12.2. The lowest BCUT2D eigenvalue weighted by molar-refractivity contribution is 0.0887. The van der Waals surface area contributed by atoms with Crippen LogP contribution in [0.1, 0.15) is 30.3 Å². The number of anilines is 1. The average molecular weight is 272 g/mol. The molecule has 0 fully saturated rings. The molecule has 0 spiro atoms. The molecule has 0 aromatic carbocycles. The summed E-state index contributed by atoms with van der Waals surface area (Å²) in [6.45, 7) is 2.50. The van der Waals surface area contributed by atoms with Gasteiger partial charge in [0.25, 0.3) is 5.91 Å². The summed E-state index contributed by atoms with van der Waals surface area (Å²) < 4.78 is 5.05. The fourth-order valence-corrected chi connectivity index (χ4v) is 1.81. The number of pyridine rings is 1. The molecule has 3 N–H and O–H groups in total. The topological polar surface area (TPSA) is 77.2 Å². The van der Waals surface area contributed by atoms with E-state index in [0.29, 0.717) is 6.61 Å². The van der Waals surface area contributed by atoms with Gasteiger partial charge in [-0.25, -0.2) is 4.98 Å². The Morgan fingerprint density at radius 2 is 2.33 bits per heavy atom. The van der Waals surface area contributed by atoms with Crippen LogP contribution < -0.4 is 11.1 Å². The minimum atomic E-state index is -0.331. The summed E-state index contributed by atoms with van der Waals surface area (Å²) in [5.41, 5.74) is 5.69. The van der Waals surface area contributed by atoms with Gasteiger partial charge in [0, 0.05) is 7.11 Å². The molecule has 1 heterocycles. The highest BCUT2D eigenvalue weighted by Gasteiger charge is 2.17. The van der Waals surface area contributed by atoms with Crippen LogP contribution in [0.3, 0.4) is 0 Å². The van der Waals surface area contributed by atoms with E-state index in [2.05, 4.69) is 10.3 Å². The lowest BCUT2D eigenvalue weighted by Crippen LogP contribution is -2.38. The van der Waals surface area contributed by atoms with Crippen LogP contribution >= 0.6 is 11.6 Å². The van der Waals surface area contributed by atoms with Crippen molar-refractivity contribution >= 4 is 23.3 Å². The number of hydrogen-bond donors (Lipinski definition) is 2. The molecule has 0 aliphatic heterocycles. The number of nitrogens with one attached hydrogen (secondary N) is 1. The number of nitrogens with two attached hydrogens (primary N) is 1. The Labute approximate surface area is 112 Å². The second kappa shape index (κ2) is 7.18. The summed E-state index contributed by atoms with van der Waals surface area (Å²) in [4.78, 5) is 15.9. The molecule has 0 saturated carbocycles. The van der Waals surface area contributed by atoms with Gasteiger partial charge in [-0.05, 0) is 18.6 Å². The van der Waals surface area contributed by atoms with Gasteiger partial charge >= 0.3 is 0 Å². The molecular formula is C12H18ClN3O2. The van der Waals surface area contributed by atoms with E-state index in [1.165, 1.54) is 0 Å². The van der Waals surface area contributed by atoms with Crippen molar-refractivity contribution < 1.29 is 9.53 Å². The number of ether oxygens (including phenoxy) is 1. The SMILES string of the molecule is CCCC(COC)NC(=O)c1nc(N)ccc1Cl. The third-order valence-corrected chi connectivity index (χ3v) is 2.73. The van der Waals surface area contributed by atoms with Crippen molar-refractivity contribution in [3.05, 3.63) is 22.8 Å². The molecule has 1 unspecified atom stereocenters. The highest BCUT2D eigenvalue weighted by molar-refractivity contribution is 6.33. The second-order valence-corrected chi connectivity index (χ2v) is 4.39. The zero-order chi connectivity index (χ0) is 13.5. The summed E-state index contributed by atoms with van der Waals surface area (Å²) >= 11 is 5.92. The first-order valence-electron chi connectivity index (χ1n) is 5.80. The summed E-state index contributed by atoms with van der Waals surface area (Å²) in [5, 5.41) is 3.12. The third-order valence-electron chi connectivity index (χ3n) is 2.42. The summed E-state index contributed by atoms with van der Waals surface area (Å²) in [7, 11) is 1.60. The zero-order valence-electron chi connectivity index (χ0n) is 10.6. The van der Waals surface area contributed by atoms with Gasteiger partial charge in [-0.15, -0.1) is 0 Å². The van der Waals surface area contributed by atoms with Crippen LogP contribution in [0.15, 0.2) is 12.1 Å². The number of nitrogen functional groups attached to an aromatic ring is 1. The monoisotopic (exact) mass is 271 g/mol. The summed E-state index contributed by atoms with van der Waals surface area (Å²) in [6.07, 6.45) is 1.78. The zero-order valence-corrected chi connectivity index (χ0v) is 11.3. The van der Waals surface area contributed by atoms with Crippen molar-refractivity contribution in [3.8, 4) is 0 Å². The van der Waals surface area contributed by atoms with Crippen molar-refractivity contribution in [2.24, 2.45) is 0 Å². The molecule has 1 aromatic heterocycles. The number of hydrogen-bond acceptors (Lipinski definition) is 4. The first-order valence-corrected chi connectivity index (χ1v) is 6.18. The molecule has 6 heteroatoms. The standard InChI is InChI=1S/C12H18ClN3O2/c1-3-4-8(7-18-2)15-12(17)11-9(13)5-6-10(14)16-11/h5-6,8H,3-4,7H2,1-2H3,(H2,14,16)(H,15,17). The molecule has 0 radical (unpaired) electrons. The van der Waals surface area contributed by atoms with Crippen LogP contribution in [0.4, 0.5) is 5.82 Å². The van der Waals surface area contributed by atoms with Gasteiger partial charge in [0.2, 0.25) is 0 Å². The highest BCUT2D eigenvalue weighted by Crippen LogP contribution is 2.15. The van der Waals surface area contributed by atoms with Gasteiger partial charge < -0.3 is 15.8 Å². The Hall–Kier alpha value is -1.33. The van der Waals surface area contributed by atoms with Crippen LogP contribution in [0.25, 0.3) is 0 Å². The van der Waals surface area contributed by atoms with Gasteiger partial charge in [-0.1, -0.05) is 24.9 Å². The molecular weight excluding hydrogens is 254 g/mol. The van der Waals surface area contributed by atoms with Crippen molar-refractivity contribution in [2.45, 2.75) is 25.8 Å². The first-order chi connectivity index (χ1) is 8.58. The van der Waals surface area contributed by atoms with E-state index in [4.69, 9.17) is 22.1 Å². The molecule has 1 aromatic rings. The summed E-state index contributed by atoms with van der Waals surface area (Å²) in [5.74, 6) is -0.0638. The number of carbonyl (C=O) groups is 1. The number of halogens is 1. The van der Waals surface area contributed by atoms with E-state index in [-0.39, 0.29) is 28.5 Å². The van der Waals surface area contributed by atoms with Crippen LogP contribution in [-0.2, 0) is 4.74 Å². The maximum Gasteiger partial charge on any atom is 0.271 e. The molecule has 0 aliphatic rings. The average Bonchev–Trinajstić information content (AvgIpc) is 2.33. The largest absolute Gasteiger partial charge is 0.384 e. The van der Waals surface area contributed by atoms with Gasteiger partial charge in [0.1, 0.15) is 11.5 Å². The smallest absolute Gasteiger partial charge is 0.271 e. The molecule has 1 amide bonds. The second-order valence-electron chi connectivity index (χ2n) is 3.98. The van der Waals surface area contributed by atoms with Gasteiger partial charge in [0.05, 0.1) is 17.7 Å². The Bertz CT molecular complexity index is 406.